The van der Waals surface area contributed by atoms with Crippen molar-refractivity contribution in [1.29, 1.82) is 0 Å². The van der Waals surface area contributed by atoms with E-state index < -0.39 is 0 Å². The number of nitrogen functional groups attached to an aromatic ring is 1. The first kappa shape index (κ1) is 14.7. The Kier molecular flexibility index (Phi) is 5.85. The zero-order valence-electron chi connectivity index (χ0n) is 11.6. The maximum absolute atomic E-state index is 9.22. The van der Waals surface area contributed by atoms with Gasteiger partial charge in [-0.05, 0) is 12.8 Å². The molecule has 0 atom stereocenters. The number of aliphatic hydroxyl groups excluding tert-OH is 1. The molecule has 0 aliphatic heterocycles. The van der Waals surface area contributed by atoms with Crippen molar-refractivity contribution < 1.29 is 5.11 Å². The van der Waals surface area contributed by atoms with E-state index in [-0.39, 0.29) is 6.61 Å². The fourth-order valence-corrected chi connectivity index (χ4v) is 2.13. The molecule has 0 unspecified atom stereocenters. The number of aryl methyl sites for hydroxylation is 1. The molecule has 1 heterocycles. The van der Waals surface area contributed by atoms with E-state index in [0.717, 1.165) is 30.9 Å². The number of aromatic nitrogens is 2. The van der Waals surface area contributed by atoms with E-state index >= 15 is 0 Å². The van der Waals surface area contributed by atoms with E-state index in [1.165, 1.54) is 0 Å². The lowest BCUT2D eigenvalue weighted by Crippen LogP contribution is -2.37. The Morgan fingerprint density at radius 1 is 1.28 bits per heavy atom. The van der Waals surface area contributed by atoms with Gasteiger partial charge < -0.3 is 15.7 Å². The minimum Gasteiger partial charge on any atom is -0.395 e. The van der Waals surface area contributed by atoms with Gasteiger partial charge in [0.1, 0.15) is 17.5 Å². The summed E-state index contributed by atoms with van der Waals surface area (Å²) in [6.07, 6.45) is 2.79. The molecule has 0 bridgehead atoms. The van der Waals surface area contributed by atoms with Crippen molar-refractivity contribution in [2.45, 2.75) is 46.1 Å². The van der Waals surface area contributed by atoms with Gasteiger partial charge in [0.25, 0.3) is 0 Å². The van der Waals surface area contributed by atoms with Crippen molar-refractivity contribution in [3.63, 3.8) is 0 Å². The summed E-state index contributed by atoms with van der Waals surface area (Å²) in [4.78, 5) is 10.8. The van der Waals surface area contributed by atoms with Gasteiger partial charge >= 0.3 is 0 Å². The Morgan fingerprint density at radius 2 is 1.94 bits per heavy atom. The second-order valence-corrected chi connectivity index (χ2v) is 4.31. The second kappa shape index (κ2) is 7.16. The first-order valence-electron chi connectivity index (χ1n) is 6.67. The van der Waals surface area contributed by atoms with Crippen molar-refractivity contribution in [2.75, 3.05) is 23.8 Å². The predicted molar refractivity (Wildman–Crippen MR) is 74.6 cm³/mol. The molecule has 0 aliphatic carbocycles. The first-order chi connectivity index (χ1) is 8.65. The van der Waals surface area contributed by atoms with Crippen LogP contribution in [0.3, 0.4) is 0 Å². The molecule has 0 aromatic carbocycles. The second-order valence-electron chi connectivity index (χ2n) is 4.31. The predicted octanol–water partition coefficient (Wildman–Crippen LogP) is 1.61. The lowest BCUT2D eigenvalue weighted by Gasteiger charge is -2.31. The molecule has 1 aromatic heterocycles. The lowest BCUT2D eigenvalue weighted by atomic mass is 10.1. The highest BCUT2D eigenvalue weighted by Crippen LogP contribution is 2.20. The molecule has 5 nitrogen and oxygen atoms in total. The van der Waals surface area contributed by atoms with Gasteiger partial charge in [0.2, 0.25) is 0 Å². The van der Waals surface area contributed by atoms with E-state index in [2.05, 4.69) is 28.7 Å². The summed E-state index contributed by atoms with van der Waals surface area (Å²) < 4.78 is 0. The molecular weight excluding hydrogens is 228 g/mol. The number of anilines is 2. The number of aliphatic hydroxyl groups is 1. The van der Waals surface area contributed by atoms with Gasteiger partial charge in [0, 0.05) is 25.1 Å². The molecular formula is C13H24N4O. The van der Waals surface area contributed by atoms with Gasteiger partial charge in [-0.3, -0.25) is 0 Å². The van der Waals surface area contributed by atoms with Crippen LogP contribution in [0.25, 0.3) is 0 Å². The molecule has 0 amide bonds. The molecule has 0 radical (unpaired) electrons. The maximum Gasteiger partial charge on any atom is 0.134 e. The van der Waals surface area contributed by atoms with Gasteiger partial charge in [-0.15, -0.1) is 0 Å². The van der Waals surface area contributed by atoms with Crippen molar-refractivity contribution in [3.05, 3.63) is 11.9 Å². The number of hydrogen-bond acceptors (Lipinski definition) is 5. The van der Waals surface area contributed by atoms with Crippen molar-refractivity contribution in [3.8, 4) is 0 Å². The summed E-state index contributed by atoms with van der Waals surface area (Å²) >= 11 is 0. The SMILES string of the molecule is CCc1nc(N)cc(N(CCO)C(CC)CC)n1. The van der Waals surface area contributed by atoms with Crippen LogP contribution in [0.15, 0.2) is 6.07 Å². The van der Waals surface area contributed by atoms with Crippen molar-refractivity contribution >= 4 is 11.6 Å². The number of nitrogens with two attached hydrogens (primary N) is 1. The van der Waals surface area contributed by atoms with Gasteiger partial charge in [0.15, 0.2) is 0 Å². The summed E-state index contributed by atoms with van der Waals surface area (Å²) in [5.41, 5.74) is 5.81. The fraction of sp³-hybridized carbons (Fsp3) is 0.692. The first-order valence-corrected chi connectivity index (χ1v) is 6.67. The number of nitrogens with zero attached hydrogens (tertiary/aromatic N) is 3. The van der Waals surface area contributed by atoms with Crippen LogP contribution in [-0.4, -0.2) is 34.3 Å². The van der Waals surface area contributed by atoms with E-state index in [1.807, 2.05) is 6.92 Å². The molecule has 102 valence electrons. The molecule has 18 heavy (non-hydrogen) atoms. The average Bonchev–Trinajstić information content (AvgIpc) is 2.38. The summed E-state index contributed by atoms with van der Waals surface area (Å²) in [7, 11) is 0. The third-order valence-electron chi connectivity index (χ3n) is 3.11. The quantitative estimate of drug-likeness (QED) is 0.771. The summed E-state index contributed by atoms with van der Waals surface area (Å²) in [5.74, 6) is 2.06. The summed E-state index contributed by atoms with van der Waals surface area (Å²) in [5, 5.41) is 9.22. The Hall–Kier alpha value is -1.36. The molecule has 0 saturated carbocycles. The van der Waals surface area contributed by atoms with Gasteiger partial charge in [-0.2, -0.15) is 0 Å². The number of hydrogen-bond donors (Lipinski definition) is 2. The maximum atomic E-state index is 9.22. The van der Waals surface area contributed by atoms with E-state index in [9.17, 15) is 5.11 Å². The minimum absolute atomic E-state index is 0.113. The topological polar surface area (TPSA) is 75.3 Å². The largest absolute Gasteiger partial charge is 0.395 e. The highest BCUT2D eigenvalue weighted by Gasteiger charge is 2.17. The molecule has 0 aliphatic rings. The van der Waals surface area contributed by atoms with E-state index in [4.69, 9.17) is 5.73 Å². The fourth-order valence-electron chi connectivity index (χ4n) is 2.13. The Balaban J connectivity index is 3.07. The molecule has 5 heteroatoms. The Bertz CT molecular complexity index is 366. The smallest absolute Gasteiger partial charge is 0.134 e. The van der Waals surface area contributed by atoms with Crippen molar-refractivity contribution in [2.24, 2.45) is 0 Å². The van der Waals surface area contributed by atoms with Crippen LogP contribution < -0.4 is 10.6 Å². The number of rotatable bonds is 7. The van der Waals surface area contributed by atoms with Crippen LogP contribution in [0.2, 0.25) is 0 Å². The van der Waals surface area contributed by atoms with Crippen LogP contribution in [0.5, 0.6) is 0 Å². The Morgan fingerprint density at radius 3 is 2.44 bits per heavy atom. The third kappa shape index (κ3) is 3.57. The zero-order chi connectivity index (χ0) is 13.5. The zero-order valence-corrected chi connectivity index (χ0v) is 11.6. The molecule has 1 rings (SSSR count). The normalized spacial score (nSPS) is 10.9. The summed E-state index contributed by atoms with van der Waals surface area (Å²) in [6.45, 7) is 6.98. The molecule has 1 aromatic rings. The highest BCUT2D eigenvalue weighted by atomic mass is 16.3. The minimum atomic E-state index is 0.113. The van der Waals surface area contributed by atoms with Crippen molar-refractivity contribution in [1.82, 2.24) is 9.97 Å². The van der Waals surface area contributed by atoms with Crippen LogP contribution in [0.4, 0.5) is 11.6 Å². The van der Waals surface area contributed by atoms with Crippen LogP contribution in [0, 0.1) is 0 Å². The van der Waals surface area contributed by atoms with E-state index in [0.29, 0.717) is 18.4 Å². The van der Waals surface area contributed by atoms with Gasteiger partial charge in [-0.1, -0.05) is 20.8 Å². The monoisotopic (exact) mass is 252 g/mol. The third-order valence-corrected chi connectivity index (χ3v) is 3.11. The van der Waals surface area contributed by atoms with E-state index in [1.54, 1.807) is 6.07 Å². The molecule has 0 fully saturated rings. The molecule has 0 spiro atoms. The standard InChI is InChI=1S/C13H24N4O/c1-4-10(5-2)17(7-8-18)13-9-11(14)15-12(6-3)16-13/h9-10,18H,4-8H2,1-3H3,(H2,14,15,16). The van der Waals surface area contributed by atoms with Crippen LogP contribution in [0.1, 0.15) is 39.4 Å². The average molecular weight is 252 g/mol. The summed E-state index contributed by atoms with van der Waals surface area (Å²) in [6, 6.07) is 2.16. The Labute approximate surface area is 109 Å². The highest BCUT2D eigenvalue weighted by molar-refractivity contribution is 5.47. The lowest BCUT2D eigenvalue weighted by molar-refractivity contribution is 0.295. The van der Waals surface area contributed by atoms with Gasteiger partial charge in [0.05, 0.1) is 6.61 Å². The molecule has 0 saturated heterocycles. The van der Waals surface area contributed by atoms with Crippen LogP contribution >= 0.6 is 0 Å². The van der Waals surface area contributed by atoms with Gasteiger partial charge in [-0.25, -0.2) is 9.97 Å². The molecule has 3 N–H and O–H groups in total. The van der Waals surface area contributed by atoms with Crippen LogP contribution in [-0.2, 0) is 6.42 Å².